The number of carbonyl (C=O) groups excluding carboxylic acids is 1. The number of benzene rings is 1. The van der Waals surface area contributed by atoms with E-state index in [1.807, 2.05) is 25.1 Å². The van der Waals surface area contributed by atoms with Crippen molar-refractivity contribution in [2.24, 2.45) is 0 Å². The Kier molecular flexibility index (Phi) is 6.71. The monoisotopic (exact) mass is 321 g/mol. The zero-order chi connectivity index (χ0) is 16.7. The highest BCUT2D eigenvalue weighted by Gasteiger charge is 2.23. The Balaban J connectivity index is 1.81. The molecule has 0 aliphatic carbocycles. The standard InChI is InChI=1S/C18H27NO4/c1-13(23-18(20)15-6-4-5-11-19-15)7-8-14-9-10-16(21-2)17(12-14)22-3/h9-10,12-13,15,19H,4-8,11H2,1-3H3. The van der Waals surface area contributed by atoms with Gasteiger partial charge in [0.25, 0.3) is 0 Å². The summed E-state index contributed by atoms with van der Waals surface area (Å²) in [7, 11) is 3.25. The fourth-order valence-electron chi connectivity index (χ4n) is 2.80. The molecule has 1 fully saturated rings. The van der Waals surface area contributed by atoms with Crippen LogP contribution in [0.15, 0.2) is 18.2 Å². The second-order valence-corrected chi connectivity index (χ2v) is 5.98. The van der Waals surface area contributed by atoms with Gasteiger partial charge in [-0.05, 0) is 56.8 Å². The van der Waals surface area contributed by atoms with Gasteiger partial charge in [0, 0.05) is 0 Å². The van der Waals surface area contributed by atoms with Crippen LogP contribution in [0.5, 0.6) is 11.5 Å². The van der Waals surface area contributed by atoms with Gasteiger partial charge in [-0.3, -0.25) is 4.79 Å². The molecule has 5 nitrogen and oxygen atoms in total. The molecule has 2 unspecified atom stereocenters. The van der Waals surface area contributed by atoms with Crippen molar-refractivity contribution in [1.82, 2.24) is 5.32 Å². The van der Waals surface area contributed by atoms with Crippen LogP contribution in [-0.2, 0) is 16.0 Å². The third-order valence-electron chi connectivity index (χ3n) is 4.20. The summed E-state index contributed by atoms with van der Waals surface area (Å²) in [5, 5.41) is 3.22. The van der Waals surface area contributed by atoms with E-state index in [0.717, 1.165) is 55.7 Å². The molecule has 1 aromatic rings. The Morgan fingerprint density at radius 2 is 2.04 bits per heavy atom. The summed E-state index contributed by atoms with van der Waals surface area (Å²) in [6.07, 6.45) is 4.62. The number of hydrogen-bond acceptors (Lipinski definition) is 5. The topological polar surface area (TPSA) is 56.8 Å². The summed E-state index contributed by atoms with van der Waals surface area (Å²) in [4.78, 5) is 12.1. The van der Waals surface area contributed by atoms with Crippen molar-refractivity contribution < 1.29 is 19.0 Å². The summed E-state index contributed by atoms with van der Waals surface area (Å²) >= 11 is 0. The van der Waals surface area contributed by atoms with Gasteiger partial charge in [-0.15, -0.1) is 0 Å². The first-order valence-electron chi connectivity index (χ1n) is 8.29. The third-order valence-corrected chi connectivity index (χ3v) is 4.20. The lowest BCUT2D eigenvalue weighted by Crippen LogP contribution is -2.42. The van der Waals surface area contributed by atoms with E-state index in [1.165, 1.54) is 0 Å². The lowest BCUT2D eigenvalue weighted by atomic mass is 10.0. The van der Waals surface area contributed by atoms with Crippen LogP contribution >= 0.6 is 0 Å². The van der Waals surface area contributed by atoms with Crippen molar-refractivity contribution in [1.29, 1.82) is 0 Å². The van der Waals surface area contributed by atoms with Gasteiger partial charge in [-0.2, -0.15) is 0 Å². The fraction of sp³-hybridized carbons (Fsp3) is 0.611. The summed E-state index contributed by atoms with van der Waals surface area (Å²) in [6.45, 7) is 2.85. The summed E-state index contributed by atoms with van der Waals surface area (Å²) in [6, 6.07) is 5.75. The lowest BCUT2D eigenvalue weighted by molar-refractivity contribution is -0.151. The molecular weight excluding hydrogens is 294 g/mol. The Morgan fingerprint density at radius 1 is 1.26 bits per heavy atom. The molecule has 0 radical (unpaired) electrons. The molecule has 5 heteroatoms. The molecule has 1 aliphatic rings. The van der Waals surface area contributed by atoms with Gasteiger partial charge >= 0.3 is 5.97 Å². The Morgan fingerprint density at radius 3 is 2.70 bits per heavy atom. The maximum atomic E-state index is 12.1. The van der Waals surface area contributed by atoms with E-state index in [1.54, 1.807) is 14.2 Å². The van der Waals surface area contributed by atoms with Gasteiger partial charge in [-0.25, -0.2) is 0 Å². The van der Waals surface area contributed by atoms with Crippen LogP contribution < -0.4 is 14.8 Å². The van der Waals surface area contributed by atoms with Gasteiger partial charge in [-0.1, -0.05) is 12.5 Å². The summed E-state index contributed by atoms with van der Waals surface area (Å²) in [5.74, 6) is 1.32. The number of piperidine rings is 1. The van der Waals surface area contributed by atoms with E-state index in [0.29, 0.717) is 0 Å². The number of nitrogens with one attached hydrogen (secondary N) is 1. The van der Waals surface area contributed by atoms with Crippen molar-refractivity contribution in [3.05, 3.63) is 23.8 Å². The molecule has 0 spiro atoms. The van der Waals surface area contributed by atoms with Crippen molar-refractivity contribution in [2.75, 3.05) is 20.8 Å². The first kappa shape index (κ1) is 17.6. The van der Waals surface area contributed by atoms with Crippen LogP contribution in [0.3, 0.4) is 0 Å². The van der Waals surface area contributed by atoms with Gasteiger partial charge in [0.15, 0.2) is 11.5 Å². The number of methoxy groups -OCH3 is 2. The molecule has 0 amide bonds. The van der Waals surface area contributed by atoms with Crippen molar-refractivity contribution in [3.63, 3.8) is 0 Å². The molecule has 0 bridgehead atoms. The molecule has 2 atom stereocenters. The van der Waals surface area contributed by atoms with E-state index >= 15 is 0 Å². The minimum atomic E-state index is -0.132. The maximum absolute atomic E-state index is 12.1. The predicted molar refractivity (Wildman–Crippen MR) is 89.1 cm³/mol. The van der Waals surface area contributed by atoms with Crippen molar-refractivity contribution >= 4 is 5.97 Å². The lowest BCUT2D eigenvalue weighted by Gasteiger charge is -2.23. The first-order valence-corrected chi connectivity index (χ1v) is 8.29. The highest BCUT2D eigenvalue weighted by atomic mass is 16.5. The molecule has 23 heavy (non-hydrogen) atoms. The van der Waals surface area contributed by atoms with E-state index in [2.05, 4.69) is 5.32 Å². The minimum absolute atomic E-state index is 0.0978. The van der Waals surface area contributed by atoms with E-state index in [9.17, 15) is 4.79 Å². The second kappa shape index (κ2) is 8.77. The van der Waals surface area contributed by atoms with Crippen LogP contribution in [0.4, 0.5) is 0 Å². The van der Waals surface area contributed by atoms with Gasteiger partial charge in [0.2, 0.25) is 0 Å². The van der Waals surface area contributed by atoms with E-state index in [-0.39, 0.29) is 18.1 Å². The largest absolute Gasteiger partial charge is 0.493 e. The number of aryl methyl sites for hydroxylation is 1. The van der Waals surface area contributed by atoms with Crippen LogP contribution in [0.2, 0.25) is 0 Å². The van der Waals surface area contributed by atoms with Gasteiger partial charge in [0.1, 0.15) is 6.04 Å². The number of ether oxygens (including phenoxy) is 3. The zero-order valence-corrected chi connectivity index (χ0v) is 14.3. The van der Waals surface area contributed by atoms with Crippen LogP contribution in [-0.4, -0.2) is 38.9 Å². The van der Waals surface area contributed by atoms with Gasteiger partial charge < -0.3 is 19.5 Å². The van der Waals surface area contributed by atoms with E-state index < -0.39 is 0 Å². The molecule has 1 N–H and O–H groups in total. The minimum Gasteiger partial charge on any atom is -0.493 e. The molecule has 0 saturated carbocycles. The SMILES string of the molecule is COc1ccc(CCC(C)OC(=O)C2CCCCN2)cc1OC. The molecule has 2 rings (SSSR count). The molecule has 128 valence electrons. The number of rotatable bonds is 7. The van der Waals surface area contributed by atoms with Gasteiger partial charge in [0.05, 0.1) is 20.3 Å². The Labute approximate surface area is 138 Å². The Bertz CT molecular complexity index is 512. The number of carbonyl (C=O) groups is 1. The maximum Gasteiger partial charge on any atom is 0.323 e. The second-order valence-electron chi connectivity index (χ2n) is 5.98. The molecule has 1 aromatic carbocycles. The average molecular weight is 321 g/mol. The molecule has 1 heterocycles. The van der Waals surface area contributed by atoms with Crippen LogP contribution in [0.1, 0.15) is 38.2 Å². The van der Waals surface area contributed by atoms with Crippen molar-refractivity contribution in [2.45, 2.75) is 51.2 Å². The third kappa shape index (κ3) is 5.13. The fourth-order valence-corrected chi connectivity index (χ4v) is 2.80. The van der Waals surface area contributed by atoms with Crippen LogP contribution in [0.25, 0.3) is 0 Å². The van der Waals surface area contributed by atoms with Crippen molar-refractivity contribution in [3.8, 4) is 11.5 Å². The highest BCUT2D eigenvalue weighted by Crippen LogP contribution is 2.28. The van der Waals surface area contributed by atoms with E-state index in [4.69, 9.17) is 14.2 Å². The first-order chi connectivity index (χ1) is 11.1. The zero-order valence-electron chi connectivity index (χ0n) is 14.3. The number of esters is 1. The molecule has 1 saturated heterocycles. The predicted octanol–water partition coefficient (Wildman–Crippen LogP) is 2.71. The molecule has 0 aromatic heterocycles. The smallest absolute Gasteiger partial charge is 0.323 e. The highest BCUT2D eigenvalue weighted by molar-refractivity contribution is 5.76. The normalized spacial score (nSPS) is 19.0. The average Bonchev–Trinajstić information content (AvgIpc) is 2.60. The van der Waals surface area contributed by atoms with Crippen LogP contribution in [0, 0.1) is 0 Å². The molecule has 1 aliphatic heterocycles. The summed E-state index contributed by atoms with van der Waals surface area (Å²) in [5.41, 5.74) is 1.14. The quantitative estimate of drug-likeness (QED) is 0.783. The summed E-state index contributed by atoms with van der Waals surface area (Å²) < 4.78 is 16.1. The molecular formula is C18H27NO4. The number of hydrogen-bond donors (Lipinski definition) is 1. The Hall–Kier alpha value is -1.75.